The predicted octanol–water partition coefficient (Wildman–Crippen LogP) is 3.28. The van der Waals surface area contributed by atoms with Crippen molar-refractivity contribution in [3.05, 3.63) is 59.2 Å². The first-order valence-corrected chi connectivity index (χ1v) is 11.5. The Morgan fingerprint density at radius 3 is 2.87 bits per heavy atom. The first-order valence-electron chi connectivity index (χ1n) is 11.5. The van der Waals surface area contributed by atoms with E-state index in [4.69, 9.17) is 4.74 Å². The second-order valence-electron chi connectivity index (χ2n) is 9.33. The molecule has 164 valence electrons. The third kappa shape index (κ3) is 3.39. The van der Waals surface area contributed by atoms with E-state index in [-0.39, 0.29) is 18.4 Å². The molecule has 5 rings (SSSR count). The van der Waals surface area contributed by atoms with Crippen molar-refractivity contribution in [2.75, 3.05) is 31.7 Å². The molecule has 2 heterocycles. The smallest absolute Gasteiger partial charge is 0.223 e. The molecule has 5 atom stereocenters. The van der Waals surface area contributed by atoms with Crippen LogP contribution in [0.1, 0.15) is 35.4 Å². The molecule has 2 aliphatic heterocycles. The SMILES string of the molecule is COc1ccc(C)c(CCC2CC3C(=O)NCC3C3c4ccccc4N(CCO)C23)c1. The van der Waals surface area contributed by atoms with Gasteiger partial charge in [-0.05, 0) is 72.9 Å². The van der Waals surface area contributed by atoms with Crippen molar-refractivity contribution in [1.82, 2.24) is 5.32 Å². The lowest BCUT2D eigenvalue weighted by atomic mass is 9.64. The number of hydrogen-bond donors (Lipinski definition) is 2. The molecule has 2 fully saturated rings. The van der Waals surface area contributed by atoms with Crippen LogP contribution in [0.25, 0.3) is 0 Å². The number of amides is 1. The molecular formula is C26H32N2O3. The summed E-state index contributed by atoms with van der Waals surface area (Å²) in [6.45, 7) is 3.71. The first kappa shape index (κ1) is 20.4. The van der Waals surface area contributed by atoms with E-state index in [0.29, 0.717) is 30.3 Å². The number of nitrogens with one attached hydrogen (secondary N) is 1. The number of aliphatic hydroxyl groups excluding tert-OH is 1. The van der Waals surface area contributed by atoms with Crippen molar-refractivity contribution in [3.8, 4) is 5.75 Å². The number of anilines is 1. The summed E-state index contributed by atoms with van der Waals surface area (Å²) >= 11 is 0. The fourth-order valence-corrected chi connectivity index (χ4v) is 6.46. The molecule has 2 aromatic carbocycles. The van der Waals surface area contributed by atoms with Crippen molar-refractivity contribution in [2.45, 2.75) is 38.1 Å². The fourth-order valence-electron chi connectivity index (χ4n) is 6.46. The molecular weight excluding hydrogens is 388 g/mol. The van der Waals surface area contributed by atoms with Gasteiger partial charge in [0.2, 0.25) is 5.91 Å². The van der Waals surface area contributed by atoms with Crippen LogP contribution < -0.4 is 15.0 Å². The second kappa shape index (κ2) is 8.19. The van der Waals surface area contributed by atoms with Gasteiger partial charge in [0, 0.05) is 36.7 Å². The van der Waals surface area contributed by atoms with Gasteiger partial charge in [0.1, 0.15) is 5.75 Å². The van der Waals surface area contributed by atoms with Gasteiger partial charge >= 0.3 is 0 Å². The average Bonchev–Trinajstić information content (AvgIpc) is 3.32. The summed E-state index contributed by atoms with van der Waals surface area (Å²) in [7, 11) is 1.71. The van der Waals surface area contributed by atoms with Crippen LogP contribution in [-0.2, 0) is 11.2 Å². The largest absolute Gasteiger partial charge is 0.497 e. The zero-order valence-electron chi connectivity index (χ0n) is 18.4. The highest BCUT2D eigenvalue weighted by Gasteiger charge is 2.55. The Hall–Kier alpha value is -2.53. The maximum absolute atomic E-state index is 12.7. The van der Waals surface area contributed by atoms with Crippen molar-refractivity contribution in [1.29, 1.82) is 0 Å². The van der Waals surface area contributed by atoms with Crippen LogP contribution in [0.15, 0.2) is 42.5 Å². The van der Waals surface area contributed by atoms with Gasteiger partial charge in [-0.1, -0.05) is 24.3 Å². The number of carbonyl (C=O) groups excluding carboxylic acids is 1. The molecule has 0 spiro atoms. The Balaban J connectivity index is 1.48. The summed E-state index contributed by atoms with van der Waals surface area (Å²) < 4.78 is 5.44. The van der Waals surface area contributed by atoms with Gasteiger partial charge in [-0.3, -0.25) is 4.79 Å². The first-order chi connectivity index (χ1) is 15.1. The quantitative estimate of drug-likeness (QED) is 0.753. The number of β-amino-alcohol motifs (C(OH)–C–C–N with tert-alkyl or cyclic N) is 1. The van der Waals surface area contributed by atoms with Crippen molar-refractivity contribution in [2.24, 2.45) is 17.8 Å². The number of hydrogen-bond acceptors (Lipinski definition) is 4. The summed E-state index contributed by atoms with van der Waals surface area (Å²) in [5.74, 6) is 2.31. The summed E-state index contributed by atoms with van der Waals surface area (Å²) in [6, 6.07) is 15.2. The van der Waals surface area contributed by atoms with E-state index in [9.17, 15) is 9.90 Å². The molecule has 2 N–H and O–H groups in total. The lowest BCUT2D eigenvalue weighted by Gasteiger charge is -2.44. The molecule has 1 aliphatic carbocycles. The summed E-state index contributed by atoms with van der Waals surface area (Å²) in [6.07, 6.45) is 2.93. The number of carbonyl (C=O) groups is 1. The van der Waals surface area contributed by atoms with Crippen molar-refractivity contribution in [3.63, 3.8) is 0 Å². The number of aliphatic hydroxyl groups is 1. The van der Waals surface area contributed by atoms with E-state index in [1.807, 2.05) is 6.07 Å². The third-order valence-corrected chi connectivity index (χ3v) is 7.88. The van der Waals surface area contributed by atoms with E-state index < -0.39 is 0 Å². The summed E-state index contributed by atoms with van der Waals surface area (Å²) in [5, 5.41) is 13.0. The number of para-hydroxylation sites is 1. The molecule has 1 amide bonds. The normalized spacial score (nSPS) is 28.7. The molecule has 5 unspecified atom stereocenters. The van der Waals surface area contributed by atoms with Crippen LogP contribution in [0.4, 0.5) is 5.69 Å². The third-order valence-electron chi connectivity index (χ3n) is 7.88. The Labute approximate surface area is 184 Å². The van der Waals surface area contributed by atoms with E-state index in [0.717, 1.165) is 31.6 Å². The van der Waals surface area contributed by atoms with E-state index in [1.165, 1.54) is 22.4 Å². The maximum Gasteiger partial charge on any atom is 0.223 e. The molecule has 0 aromatic heterocycles. The zero-order chi connectivity index (χ0) is 21.5. The highest BCUT2D eigenvalue weighted by molar-refractivity contribution is 5.82. The minimum Gasteiger partial charge on any atom is -0.497 e. The number of nitrogens with zero attached hydrogens (tertiary/aromatic N) is 1. The lowest BCUT2D eigenvalue weighted by Crippen LogP contribution is -2.49. The monoisotopic (exact) mass is 420 g/mol. The van der Waals surface area contributed by atoms with Gasteiger partial charge in [-0.25, -0.2) is 0 Å². The van der Waals surface area contributed by atoms with Crippen LogP contribution in [0.2, 0.25) is 0 Å². The fraction of sp³-hybridized carbons (Fsp3) is 0.500. The second-order valence-corrected chi connectivity index (χ2v) is 9.33. The molecule has 3 aliphatic rings. The van der Waals surface area contributed by atoms with E-state index in [2.05, 4.69) is 53.5 Å². The molecule has 0 bridgehead atoms. The lowest BCUT2D eigenvalue weighted by molar-refractivity contribution is -0.124. The number of methoxy groups -OCH3 is 1. The Morgan fingerprint density at radius 1 is 1.23 bits per heavy atom. The number of fused-ring (bicyclic) bond motifs is 5. The maximum atomic E-state index is 12.7. The standard InChI is InChI=1S/C26H32N2O3/c1-16-7-10-19(31-2)13-17(16)8-9-18-14-21-22(15-27-26(21)30)24-20-5-3-4-6-23(20)28(11-12-29)25(18)24/h3-7,10,13,18,21-22,24-25,29H,8-9,11-12,14-15H2,1-2H3,(H,27,30). The van der Waals surface area contributed by atoms with Crippen LogP contribution in [0.3, 0.4) is 0 Å². The van der Waals surface area contributed by atoms with Crippen LogP contribution in [0, 0.1) is 24.7 Å². The molecule has 5 heteroatoms. The highest BCUT2D eigenvalue weighted by Crippen LogP contribution is 2.55. The highest BCUT2D eigenvalue weighted by atomic mass is 16.5. The Kier molecular flexibility index (Phi) is 5.39. The van der Waals surface area contributed by atoms with Gasteiger partial charge in [-0.2, -0.15) is 0 Å². The average molecular weight is 421 g/mol. The molecule has 1 saturated heterocycles. The molecule has 5 nitrogen and oxygen atoms in total. The van der Waals surface area contributed by atoms with Crippen LogP contribution in [0.5, 0.6) is 5.75 Å². The van der Waals surface area contributed by atoms with Gasteiger partial charge in [0.25, 0.3) is 0 Å². The van der Waals surface area contributed by atoms with Crippen molar-refractivity contribution < 1.29 is 14.6 Å². The Morgan fingerprint density at radius 2 is 2.06 bits per heavy atom. The topological polar surface area (TPSA) is 61.8 Å². The number of benzene rings is 2. The summed E-state index contributed by atoms with van der Waals surface area (Å²) in [4.78, 5) is 15.1. The molecule has 2 aromatic rings. The van der Waals surface area contributed by atoms with Gasteiger partial charge < -0.3 is 20.1 Å². The van der Waals surface area contributed by atoms with Gasteiger partial charge in [0.05, 0.1) is 13.7 Å². The number of ether oxygens (including phenoxy) is 1. The molecule has 31 heavy (non-hydrogen) atoms. The van der Waals surface area contributed by atoms with Crippen LogP contribution in [-0.4, -0.2) is 43.9 Å². The Bertz CT molecular complexity index is 975. The van der Waals surface area contributed by atoms with Crippen LogP contribution >= 0.6 is 0 Å². The summed E-state index contributed by atoms with van der Waals surface area (Å²) in [5.41, 5.74) is 5.20. The minimum atomic E-state index is 0.0970. The zero-order valence-corrected chi connectivity index (χ0v) is 18.4. The predicted molar refractivity (Wildman–Crippen MR) is 122 cm³/mol. The van der Waals surface area contributed by atoms with Gasteiger partial charge in [0.15, 0.2) is 0 Å². The van der Waals surface area contributed by atoms with E-state index >= 15 is 0 Å². The molecule has 0 radical (unpaired) electrons. The van der Waals surface area contributed by atoms with Crippen molar-refractivity contribution >= 4 is 11.6 Å². The molecule has 1 saturated carbocycles. The number of rotatable bonds is 6. The number of aryl methyl sites for hydroxylation is 2. The van der Waals surface area contributed by atoms with E-state index in [1.54, 1.807) is 7.11 Å². The van der Waals surface area contributed by atoms with Gasteiger partial charge in [-0.15, -0.1) is 0 Å². The minimum absolute atomic E-state index is 0.0970.